The fraction of sp³-hybridized carbons (Fsp3) is 0.308. The van der Waals surface area contributed by atoms with Crippen LogP contribution in [0.2, 0.25) is 0 Å². The highest BCUT2D eigenvalue weighted by Crippen LogP contribution is 2.24. The predicted molar refractivity (Wildman–Crippen MR) is 74.1 cm³/mol. The Hall–Kier alpha value is -1.29. The van der Waals surface area contributed by atoms with Crippen molar-refractivity contribution in [2.45, 2.75) is 26.3 Å². The first kappa shape index (κ1) is 12.2. The molecular weight excluding hydrogens is 278 g/mol. The minimum Gasteiger partial charge on any atom is -0.379 e. The average Bonchev–Trinajstić information content (AvgIpc) is 2.72. The third-order valence-electron chi connectivity index (χ3n) is 2.70. The molecule has 2 rings (SSSR count). The molecule has 0 fully saturated rings. The summed E-state index contributed by atoms with van der Waals surface area (Å²) in [5.74, 6) is 0.518. The van der Waals surface area contributed by atoms with Gasteiger partial charge in [-0.25, -0.2) is 0 Å². The van der Waals surface area contributed by atoms with Crippen molar-refractivity contribution in [1.82, 2.24) is 10.2 Å². The Kier molecular flexibility index (Phi) is 3.84. The number of H-pyrrole nitrogens is 1. The highest BCUT2D eigenvalue weighted by Gasteiger charge is 2.06. The Morgan fingerprint density at radius 1 is 1.35 bits per heavy atom. The maximum absolute atomic E-state index is 3.98. The molecule has 0 spiro atoms. The minimum atomic E-state index is 0.518. The van der Waals surface area contributed by atoms with E-state index in [1.165, 1.54) is 11.3 Å². The largest absolute Gasteiger partial charge is 0.379 e. The van der Waals surface area contributed by atoms with Crippen molar-refractivity contribution in [3.05, 3.63) is 46.2 Å². The second kappa shape index (κ2) is 5.36. The fourth-order valence-corrected chi connectivity index (χ4v) is 2.10. The molecule has 1 aromatic heterocycles. The highest BCUT2D eigenvalue weighted by atomic mass is 79.9. The van der Waals surface area contributed by atoms with Crippen LogP contribution in [0.5, 0.6) is 0 Å². The molecule has 0 aliphatic heterocycles. The number of aromatic nitrogens is 2. The van der Waals surface area contributed by atoms with E-state index in [0.717, 1.165) is 16.7 Å². The summed E-state index contributed by atoms with van der Waals surface area (Å²) in [6.45, 7) is 5.14. The molecule has 0 amide bonds. The Morgan fingerprint density at radius 3 is 2.76 bits per heavy atom. The number of aromatic amines is 1. The molecule has 0 saturated heterocycles. The van der Waals surface area contributed by atoms with E-state index in [2.05, 4.69) is 69.6 Å². The molecule has 3 nitrogen and oxygen atoms in total. The van der Waals surface area contributed by atoms with Gasteiger partial charge in [-0.2, -0.15) is 5.10 Å². The van der Waals surface area contributed by atoms with E-state index >= 15 is 0 Å². The number of hydrogen-bond acceptors (Lipinski definition) is 2. The van der Waals surface area contributed by atoms with Crippen LogP contribution in [-0.2, 0) is 6.54 Å². The van der Waals surface area contributed by atoms with Gasteiger partial charge in [0.15, 0.2) is 0 Å². The van der Waals surface area contributed by atoms with E-state index in [1.54, 1.807) is 6.20 Å². The first-order chi connectivity index (χ1) is 8.18. The van der Waals surface area contributed by atoms with E-state index in [0.29, 0.717) is 5.92 Å². The van der Waals surface area contributed by atoms with Crippen molar-refractivity contribution in [1.29, 1.82) is 0 Å². The average molecular weight is 294 g/mol. The van der Waals surface area contributed by atoms with Crippen LogP contribution in [0.3, 0.4) is 0 Å². The molecule has 0 bridgehead atoms. The van der Waals surface area contributed by atoms with E-state index < -0.39 is 0 Å². The zero-order chi connectivity index (χ0) is 12.3. The molecule has 0 aliphatic rings. The predicted octanol–water partition coefficient (Wildman–Crippen LogP) is 3.91. The SMILES string of the molecule is CC(C)c1ccccc1NCc1[nH]ncc1Br. The summed E-state index contributed by atoms with van der Waals surface area (Å²) in [4.78, 5) is 0. The van der Waals surface area contributed by atoms with Gasteiger partial charge in [-0.3, -0.25) is 5.10 Å². The van der Waals surface area contributed by atoms with Crippen LogP contribution in [0.25, 0.3) is 0 Å². The Balaban J connectivity index is 2.11. The minimum absolute atomic E-state index is 0.518. The van der Waals surface area contributed by atoms with Crippen LogP contribution in [0.15, 0.2) is 34.9 Å². The lowest BCUT2D eigenvalue weighted by molar-refractivity contribution is 0.863. The molecule has 1 aromatic carbocycles. The standard InChI is InChI=1S/C13H16BrN3/c1-9(2)10-5-3-4-6-12(10)15-8-13-11(14)7-16-17-13/h3-7,9,15H,8H2,1-2H3,(H,16,17). The Morgan fingerprint density at radius 2 is 2.12 bits per heavy atom. The van der Waals surface area contributed by atoms with E-state index in [4.69, 9.17) is 0 Å². The monoisotopic (exact) mass is 293 g/mol. The smallest absolute Gasteiger partial charge is 0.0685 e. The zero-order valence-corrected chi connectivity index (χ0v) is 11.6. The lowest BCUT2D eigenvalue weighted by atomic mass is 10.0. The van der Waals surface area contributed by atoms with Gasteiger partial charge < -0.3 is 5.32 Å². The third-order valence-corrected chi connectivity index (χ3v) is 3.39. The summed E-state index contributed by atoms with van der Waals surface area (Å²) in [7, 11) is 0. The maximum Gasteiger partial charge on any atom is 0.0685 e. The van der Waals surface area contributed by atoms with Gasteiger partial charge >= 0.3 is 0 Å². The highest BCUT2D eigenvalue weighted by molar-refractivity contribution is 9.10. The van der Waals surface area contributed by atoms with Crippen LogP contribution in [0.4, 0.5) is 5.69 Å². The second-order valence-corrected chi connectivity index (χ2v) is 5.15. The Labute approximate surface area is 110 Å². The first-order valence-corrected chi connectivity index (χ1v) is 6.48. The van der Waals surface area contributed by atoms with Crippen molar-refractivity contribution in [3.63, 3.8) is 0 Å². The summed E-state index contributed by atoms with van der Waals surface area (Å²) < 4.78 is 1.01. The van der Waals surface area contributed by atoms with Gasteiger partial charge in [0.05, 0.1) is 22.9 Å². The number of benzene rings is 1. The molecule has 2 aromatic rings. The molecule has 0 radical (unpaired) electrons. The van der Waals surface area contributed by atoms with Crippen molar-refractivity contribution < 1.29 is 0 Å². The number of nitrogens with zero attached hydrogens (tertiary/aromatic N) is 1. The molecular formula is C13H16BrN3. The van der Waals surface area contributed by atoms with E-state index in [1.807, 2.05) is 0 Å². The number of nitrogens with one attached hydrogen (secondary N) is 2. The van der Waals surface area contributed by atoms with Crippen molar-refractivity contribution >= 4 is 21.6 Å². The summed E-state index contributed by atoms with van der Waals surface area (Å²) in [6, 6.07) is 8.40. The van der Waals surface area contributed by atoms with Crippen LogP contribution >= 0.6 is 15.9 Å². The van der Waals surface area contributed by atoms with Crippen molar-refractivity contribution in [2.75, 3.05) is 5.32 Å². The van der Waals surface area contributed by atoms with Gasteiger partial charge in [0.1, 0.15) is 0 Å². The van der Waals surface area contributed by atoms with Gasteiger partial charge in [-0.15, -0.1) is 0 Å². The third kappa shape index (κ3) is 2.88. The topological polar surface area (TPSA) is 40.7 Å². The number of anilines is 1. The first-order valence-electron chi connectivity index (χ1n) is 5.69. The van der Waals surface area contributed by atoms with Gasteiger partial charge in [0, 0.05) is 5.69 Å². The molecule has 17 heavy (non-hydrogen) atoms. The zero-order valence-electron chi connectivity index (χ0n) is 10.00. The van der Waals surface area contributed by atoms with Crippen LogP contribution in [-0.4, -0.2) is 10.2 Å². The maximum atomic E-state index is 3.98. The van der Waals surface area contributed by atoms with Crippen LogP contribution in [0, 0.1) is 0 Å². The molecule has 0 unspecified atom stereocenters. The van der Waals surface area contributed by atoms with Gasteiger partial charge in [-0.05, 0) is 33.5 Å². The number of hydrogen-bond donors (Lipinski definition) is 2. The Bertz CT molecular complexity index is 491. The summed E-state index contributed by atoms with van der Waals surface area (Å²) in [5.41, 5.74) is 3.58. The van der Waals surface area contributed by atoms with Crippen molar-refractivity contribution in [2.24, 2.45) is 0 Å². The molecule has 0 aliphatic carbocycles. The van der Waals surface area contributed by atoms with Crippen LogP contribution in [0.1, 0.15) is 31.0 Å². The number of para-hydroxylation sites is 1. The fourth-order valence-electron chi connectivity index (χ4n) is 1.77. The number of halogens is 1. The summed E-state index contributed by atoms with van der Waals surface area (Å²) in [5, 5.41) is 10.4. The lowest BCUT2D eigenvalue weighted by Gasteiger charge is -2.14. The quantitative estimate of drug-likeness (QED) is 0.897. The molecule has 0 saturated carbocycles. The van der Waals surface area contributed by atoms with Gasteiger partial charge in [0.25, 0.3) is 0 Å². The van der Waals surface area contributed by atoms with E-state index in [-0.39, 0.29) is 0 Å². The van der Waals surface area contributed by atoms with Gasteiger partial charge in [0.2, 0.25) is 0 Å². The summed E-state index contributed by atoms with van der Waals surface area (Å²) in [6.07, 6.45) is 1.77. The van der Waals surface area contributed by atoms with Crippen molar-refractivity contribution in [3.8, 4) is 0 Å². The molecule has 90 valence electrons. The summed E-state index contributed by atoms with van der Waals surface area (Å²) >= 11 is 3.45. The van der Waals surface area contributed by atoms with Crippen LogP contribution < -0.4 is 5.32 Å². The normalized spacial score (nSPS) is 10.8. The molecule has 2 N–H and O–H groups in total. The van der Waals surface area contributed by atoms with Gasteiger partial charge in [-0.1, -0.05) is 32.0 Å². The molecule has 1 heterocycles. The van der Waals surface area contributed by atoms with E-state index in [9.17, 15) is 0 Å². The second-order valence-electron chi connectivity index (χ2n) is 4.29. The molecule has 0 atom stereocenters. The lowest BCUT2D eigenvalue weighted by Crippen LogP contribution is -2.04. The molecule has 4 heteroatoms. The number of rotatable bonds is 4.